The van der Waals surface area contributed by atoms with Crippen molar-refractivity contribution >= 4 is 17.1 Å². The summed E-state index contributed by atoms with van der Waals surface area (Å²) in [6.07, 6.45) is 4.93. The zero-order chi connectivity index (χ0) is 18.8. The van der Waals surface area contributed by atoms with Gasteiger partial charge in [0.05, 0.1) is 12.2 Å². The lowest BCUT2D eigenvalue weighted by Gasteiger charge is -2.30. The number of rotatable bonds is 3. The van der Waals surface area contributed by atoms with Gasteiger partial charge in [0.25, 0.3) is 0 Å². The van der Waals surface area contributed by atoms with E-state index in [0.717, 1.165) is 0 Å². The highest BCUT2D eigenvalue weighted by molar-refractivity contribution is 5.80. The van der Waals surface area contributed by atoms with Gasteiger partial charge in [-0.05, 0) is 25.0 Å². The Morgan fingerprint density at radius 1 is 1.30 bits per heavy atom. The highest BCUT2D eigenvalue weighted by Crippen LogP contribution is 2.31. The van der Waals surface area contributed by atoms with Crippen LogP contribution >= 0.6 is 0 Å². The smallest absolute Gasteiger partial charge is 0.407 e. The van der Waals surface area contributed by atoms with Gasteiger partial charge < -0.3 is 14.7 Å². The summed E-state index contributed by atoms with van der Waals surface area (Å²) in [6.45, 7) is 0.911. The number of likely N-dealkylation sites (tertiary alicyclic amines) is 1. The van der Waals surface area contributed by atoms with Crippen molar-refractivity contribution < 1.29 is 14.6 Å². The summed E-state index contributed by atoms with van der Waals surface area (Å²) < 4.78 is 7.58. The van der Waals surface area contributed by atoms with Gasteiger partial charge >= 0.3 is 6.09 Å². The van der Waals surface area contributed by atoms with Crippen molar-refractivity contribution in [3.8, 4) is 17.7 Å². The van der Waals surface area contributed by atoms with E-state index in [1.54, 1.807) is 23.0 Å². The molecule has 136 valence electrons. The summed E-state index contributed by atoms with van der Waals surface area (Å²) in [5.41, 5.74) is 0.772. The fourth-order valence-electron chi connectivity index (χ4n) is 3.15. The molecule has 0 spiro atoms. The molecule has 0 radical (unpaired) electrons. The first-order valence-corrected chi connectivity index (χ1v) is 8.36. The number of piperidine rings is 1. The number of carboxylic acid groups (broad SMARTS) is 1. The molecule has 1 aliphatic heterocycles. The van der Waals surface area contributed by atoms with Crippen molar-refractivity contribution in [1.29, 1.82) is 5.26 Å². The van der Waals surface area contributed by atoms with Crippen LogP contribution in [0.2, 0.25) is 0 Å². The number of fused-ring (bicyclic) bond motifs is 1. The fraction of sp³-hybridized carbons (Fsp3) is 0.294. The molecule has 3 aromatic rings. The minimum Gasteiger partial charge on any atom is -0.465 e. The average Bonchev–Trinajstić information content (AvgIpc) is 3.13. The molecule has 1 fully saturated rings. The molecule has 10 heteroatoms. The Hall–Kier alpha value is -3.74. The Kier molecular flexibility index (Phi) is 4.25. The maximum atomic E-state index is 11.1. The van der Waals surface area contributed by atoms with E-state index in [0.29, 0.717) is 48.6 Å². The number of amides is 1. The predicted octanol–water partition coefficient (Wildman–Crippen LogP) is 2.20. The second-order valence-corrected chi connectivity index (χ2v) is 6.07. The summed E-state index contributed by atoms with van der Waals surface area (Å²) in [5, 5.41) is 23.3. The second kappa shape index (κ2) is 6.87. The van der Waals surface area contributed by atoms with Crippen LogP contribution in [0.5, 0.6) is 11.6 Å². The Bertz CT molecular complexity index is 1030. The first kappa shape index (κ1) is 16.7. The van der Waals surface area contributed by atoms with Crippen LogP contribution in [0.25, 0.3) is 11.0 Å². The van der Waals surface area contributed by atoms with Gasteiger partial charge in [-0.25, -0.2) is 24.4 Å². The van der Waals surface area contributed by atoms with Crippen molar-refractivity contribution in [3.63, 3.8) is 0 Å². The van der Waals surface area contributed by atoms with Crippen LogP contribution in [-0.2, 0) is 0 Å². The van der Waals surface area contributed by atoms with E-state index < -0.39 is 6.09 Å². The zero-order valence-electron chi connectivity index (χ0n) is 14.2. The minimum atomic E-state index is -0.901. The van der Waals surface area contributed by atoms with Crippen LogP contribution in [0.3, 0.4) is 0 Å². The lowest BCUT2D eigenvalue weighted by Crippen LogP contribution is -2.38. The van der Waals surface area contributed by atoms with Gasteiger partial charge in [0.2, 0.25) is 5.88 Å². The molecular weight excluding hydrogens is 350 g/mol. The molecule has 3 aromatic heterocycles. The molecule has 0 bridgehead atoms. The van der Waals surface area contributed by atoms with Crippen molar-refractivity contribution in [2.75, 3.05) is 13.1 Å². The molecule has 0 unspecified atom stereocenters. The maximum Gasteiger partial charge on any atom is 0.407 e. The number of pyridine rings is 1. The monoisotopic (exact) mass is 365 g/mol. The molecule has 1 N–H and O–H groups in total. The molecule has 1 saturated heterocycles. The maximum absolute atomic E-state index is 11.1. The molecule has 0 atom stereocenters. The summed E-state index contributed by atoms with van der Waals surface area (Å²) in [4.78, 5) is 24.9. The van der Waals surface area contributed by atoms with E-state index >= 15 is 0 Å². The number of hydrogen-bond donors (Lipinski definition) is 1. The first-order valence-electron chi connectivity index (χ1n) is 8.36. The average molecular weight is 365 g/mol. The molecule has 10 nitrogen and oxygen atoms in total. The molecule has 0 aliphatic carbocycles. The van der Waals surface area contributed by atoms with Crippen molar-refractivity contribution in [1.82, 2.24) is 29.6 Å². The number of ether oxygens (including phenoxy) is 1. The van der Waals surface area contributed by atoms with E-state index in [2.05, 4.69) is 20.1 Å². The first-order chi connectivity index (χ1) is 13.2. The van der Waals surface area contributed by atoms with Gasteiger partial charge in [0.1, 0.15) is 17.8 Å². The van der Waals surface area contributed by atoms with Gasteiger partial charge in [-0.3, -0.25) is 0 Å². The van der Waals surface area contributed by atoms with Crippen LogP contribution < -0.4 is 4.74 Å². The lowest BCUT2D eigenvalue weighted by atomic mass is 10.1. The third-order valence-corrected chi connectivity index (χ3v) is 4.52. The Morgan fingerprint density at radius 3 is 2.85 bits per heavy atom. The molecule has 27 heavy (non-hydrogen) atoms. The van der Waals surface area contributed by atoms with Crippen molar-refractivity contribution in [2.45, 2.75) is 18.9 Å². The van der Waals surface area contributed by atoms with E-state index in [1.807, 2.05) is 6.07 Å². The van der Waals surface area contributed by atoms with Gasteiger partial charge in [0.15, 0.2) is 17.1 Å². The normalized spacial score (nSPS) is 14.9. The molecular formula is C17H15N7O3. The molecule has 0 saturated carbocycles. The van der Waals surface area contributed by atoms with Crippen LogP contribution in [-0.4, -0.2) is 53.9 Å². The summed E-state index contributed by atoms with van der Waals surface area (Å²) in [5.74, 6) is 0.598. The van der Waals surface area contributed by atoms with Gasteiger partial charge in [0, 0.05) is 19.3 Å². The predicted molar refractivity (Wildman–Crippen MR) is 92.2 cm³/mol. The van der Waals surface area contributed by atoms with E-state index in [4.69, 9.17) is 15.1 Å². The highest BCUT2D eigenvalue weighted by Gasteiger charge is 2.26. The van der Waals surface area contributed by atoms with Crippen LogP contribution in [0.4, 0.5) is 4.79 Å². The summed E-state index contributed by atoms with van der Waals surface area (Å²) in [7, 11) is 0. The number of aromatic nitrogens is 5. The number of carbonyl (C=O) groups is 1. The van der Waals surface area contributed by atoms with Gasteiger partial charge in [-0.15, -0.1) is 0 Å². The van der Waals surface area contributed by atoms with Crippen molar-refractivity contribution in [3.05, 3.63) is 36.5 Å². The lowest BCUT2D eigenvalue weighted by molar-refractivity contribution is 0.124. The standard InChI is InChI=1S/C17H15N7O3/c18-8-13-14(2-1-5-19-13)27-16-12-9-22-24(15(12)20-10-21-16)11-3-6-23(7-4-11)17(25)26/h1-2,5,9-11H,3-4,6-7H2,(H,25,26). The molecule has 0 aromatic carbocycles. The van der Waals surface area contributed by atoms with Gasteiger partial charge in [-0.2, -0.15) is 10.4 Å². The second-order valence-electron chi connectivity index (χ2n) is 6.07. The van der Waals surface area contributed by atoms with Crippen molar-refractivity contribution in [2.24, 2.45) is 0 Å². The van der Waals surface area contributed by atoms with Crippen LogP contribution in [0, 0.1) is 11.3 Å². The Labute approximate surface area is 153 Å². The zero-order valence-corrected chi connectivity index (χ0v) is 14.2. The molecule has 1 aliphatic rings. The number of nitriles is 1. The molecule has 4 heterocycles. The summed E-state index contributed by atoms with van der Waals surface area (Å²) in [6, 6.07) is 5.35. The summed E-state index contributed by atoms with van der Waals surface area (Å²) >= 11 is 0. The van der Waals surface area contributed by atoms with E-state index in [1.165, 1.54) is 17.4 Å². The third-order valence-electron chi connectivity index (χ3n) is 4.52. The minimum absolute atomic E-state index is 0.0499. The molecule has 1 amide bonds. The van der Waals surface area contributed by atoms with E-state index in [9.17, 15) is 4.79 Å². The van der Waals surface area contributed by atoms with Crippen LogP contribution in [0.1, 0.15) is 24.6 Å². The third kappa shape index (κ3) is 3.10. The number of hydrogen-bond acceptors (Lipinski definition) is 7. The van der Waals surface area contributed by atoms with Crippen LogP contribution in [0.15, 0.2) is 30.9 Å². The Balaban J connectivity index is 1.63. The van der Waals surface area contributed by atoms with Gasteiger partial charge in [-0.1, -0.05) is 0 Å². The SMILES string of the molecule is N#Cc1ncccc1Oc1ncnc2c1cnn2C1CCN(C(=O)O)CC1. The largest absolute Gasteiger partial charge is 0.465 e. The fourth-order valence-corrected chi connectivity index (χ4v) is 3.15. The Morgan fingerprint density at radius 2 is 2.11 bits per heavy atom. The van der Waals surface area contributed by atoms with E-state index in [-0.39, 0.29) is 11.7 Å². The quantitative estimate of drug-likeness (QED) is 0.747. The molecule has 4 rings (SSSR count). The topological polar surface area (TPSA) is 130 Å². The number of nitrogens with zero attached hydrogens (tertiary/aromatic N) is 7. The highest BCUT2D eigenvalue weighted by atomic mass is 16.5.